The van der Waals surface area contributed by atoms with Crippen LogP contribution in [0.2, 0.25) is 5.02 Å². The van der Waals surface area contributed by atoms with Gasteiger partial charge in [-0.15, -0.1) is 0 Å². The number of benzene rings is 2. The lowest BCUT2D eigenvalue weighted by atomic mass is 10.1. The molecule has 2 aromatic carbocycles. The summed E-state index contributed by atoms with van der Waals surface area (Å²) in [6.45, 7) is 3.07. The van der Waals surface area contributed by atoms with Crippen molar-refractivity contribution < 1.29 is 4.74 Å². The predicted octanol–water partition coefficient (Wildman–Crippen LogP) is 3.80. The molecule has 3 rings (SSSR count). The molecule has 0 aromatic heterocycles. The SMILES string of the molecule is Clc1ccc(COCc2cccc(C3=NCCCN3)c2)cc1. The molecule has 4 heteroatoms. The number of hydrogen-bond acceptors (Lipinski definition) is 3. The van der Waals surface area contributed by atoms with Crippen molar-refractivity contribution in [3.05, 3.63) is 70.2 Å². The number of nitrogens with one attached hydrogen (secondary N) is 1. The first-order valence-corrected chi connectivity index (χ1v) is 7.89. The average Bonchev–Trinajstić information content (AvgIpc) is 2.58. The van der Waals surface area contributed by atoms with Crippen LogP contribution in [0.4, 0.5) is 0 Å². The second-order valence-electron chi connectivity index (χ2n) is 5.33. The van der Waals surface area contributed by atoms with Gasteiger partial charge >= 0.3 is 0 Å². The van der Waals surface area contributed by atoms with E-state index in [0.29, 0.717) is 13.2 Å². The fourth-order valence-electron chi connectivity index (χ4n) is 2.40. The molecule has 0 amide bonds. The van der Waals surface area contributed by atoms with Gasteiger partial charge in [0.2, 0.25) is 0 Å². The Morgan fingerprint density at radius 2 is 1.86 bits per heavy atom. The smallest absolute Gasteiger partial charge is 0.128 e. The van der Waals surface area contributed by atoms with Crippen molar-refractivity contribution in [2.24, 2.45) is 4.99 Å². The van der Waals surface area contributed by atoms with Crippen molar-refractivity contribution in [1.82, 2.24) is 5.32 Å². The third-order valence-electron chi connectivity index (χ3n) is 3.55. The Balaban J connectivity index is 1.58. The van der Waals surface area contributed by atoms with Crippen molar-refractivity contribution in [2.45, 2.75) is 19.6 Å². The van der Waals surface area contributed by atoms with Gasteiger partial charge in [-0.1, -0.05) is 41.9 Å². The van der Waals surface area contributed by atoms with E-state index in [9.17, 15) is 0 Å². The number of amidine groups is 1. The molecule has 114 valence electrons. The Hall–Kier alpha value is -1.84. The first-order chi connectivity index (χ1) is 10.8. The van der Waals surface area contributed by atoms with Crippen molar-refractivity contribution in [3.63, 3.8) is 0 Å². The number of rotatable bonds is 5. The topological polar surface area (TPSA) is 33.6 Å². The zero-order valence-corrected chi connectivity index (χ0v) is 13.1. The standard InChI is InChI=1S/C18H19ClN2O/c19-17-7-5-14(6-8-17)12-22-13-15-3-1-4-16(11-15)18-20-9-2-10-21-18/h1,3-8,11H,2,9-10,12-13H2,(H,20,21). The summed E-state index contributed by atoms with van der Waals surface area (Å²) in [5, 5.41) is 4.09. The van der Waals surface area contributed by atoms with E-state index in [0.717, 1.165) is 47.1 Å². The molecular formula is C18H19ClN2O. The van der Waals surface area contributed by atoms with Crippen LogP contribution >= 0.6 is 11.6 Å². The normalized spacial score (nSPS) is 14.3. The quantitative estimate of drug-likeness (QED) is 0.911. The van der Waals surface area contributed by atoms with E-state index in [-0.39, 0.29) is 0 Å². The molecule has 22 heavy (non-hydrogen) atoms. The van der Waals surface area contributed by atoms with Crippen LogP contribution < -0.4 is 5.32 Å². The Morgan fingerprint density at radius 3 is 2.64 bits per heavy atom. The van der Waals surface area contributed by atoms with E-state index in [2.05, 4.69) is 34.6 Å². The lowest BCUT2D eigenvalue weighted by Crippen LogP contribution is -2.30. The minimum atomic E-state index is 0.584. The third-order valence-corrected chi connectivity index (χ3v) is 3.80. The molecule has 1 aliphatic heterocycles. The van der Waals surface area contributed by atoms with Crippen LogP contribution in [-0.4, -0.2) is 18.9 Å². The summed E-state index contributed by atoms with van der Waals surface area (Å²) in [6.07, 6.45) is 1.10. The van der Waals surface area contributed by atoms with Gasteiger partial charge in [-0.3, -0.25) is 4.99 Å². The van der Waals surface area contributed by atoms with E-state index >= 15 is 0 Å². The molecule has 0 radical (unpaired) electrons. The van der Waals surface area contributed by atoms with Crippen LogP contribution in [-0.2, 0) is 18.0 Å². The van der Waals surface area contributed by atoms with Crippen molar-refractivity contribution >= 4 is 17.4 Å². The summed E-state index contributed by atoms with van der Waals surface area (Å²) in [5.74, 6) is 0.991. The number of aliphatic imine (C=N–C) groups is 1. The maximum absolute atomic E-state index is 5.87. The van der Waals surface area contributed by atoms with Crippen LogP contribution in [0.15, 0.2) is 53.5 Å². The van der Waals surface area contributed by atoms with Crippen LogP contribution in [0.3, 0.4) is 0 Å². The zero-order chi connectivity index (χ0) is 15.2. The molecule has 0 saturated carbocycles. The van der Waals surface area contributed by atoms with E-state index in [1.54, 1.807) is 0 Å². The van der Waals surface area contributed by atoms with Gasteiger partial charge in [0.1, 0.15) is 5.84 Å². The maximum Gasteiger partial charge on any atom is 0.128 e. The molecule has 0 unspecified atom stereocenters. The monoisotopic (exact) mass is 314 g/mol. The molecule has 2 aromatic rings. The molecule has 0 aliphatic carbocycles. The molecular weight excluding hydrogens is 296 g/mol. The van der Waals surface area contributed by atoms with Gasteiger partial charge in [0.25, 0.3) is 0 Å². The van der Waals surface area contributed by atoms with E-state index in [4.69, 9.17) is 16.3 Å². The minimum absolute atomic E-state index is 0.584. The second-order valence-corrected chi connectivity index (χ2v) is 5.77. The number of ether oxygens (including phenoxy) is 1. The molecule has 0 spiro atoms. The van der Waals surface area contributed by atoms with Gasteiger partial charge in [0.05, 0.1) is 13.2 Å². The van der Waals surface area contributed by atoms with Crippen LogP contribution in [0, 0.1) is 0 Å². The van der Waals surface area contributed by atoms with Crippen molar-refractivity contribution in [1.29, 1.82) is 0 Å². The van der Waals surface area contributed by atoms with Gasteiger partial charge in [-0.25, -0.2) is 0 Å². The highest BCUT2D eigenvalue weighted by molar-refractivity contribution is 6.30. The predicted molar refractivity (Wildman–Crippen MR) is 90.4 cm³/mol. The summed E-state index contributed by atoms with van der Waals surface area (Å²) in [4.78, 5) is 4.53. The first-order valence-electron chi connectivity index (χ1n) is 7.51. The highest BCUT2D eigenvalue weighted by atomic mass is 35.5. The average molecular weight is 315 g/mol. The van der Waals surface area contributed by atoms with E-state index in [1.807, 2.05) is 24.3 Å². The fourth-order valence-corrected chi connectivity index (χ4v) is 2.53. The molecule has 0 fully saturated rings. The summed E-state index contributed by atoms with van der Waals surface area (Å²) in [5.41, 5.74) is 3.41. The molecule has 0 saturated heterocycles. The molecule has 1 aliphatic rings. The maximum atomic E-state index is 5.87. The van der Waals surface area contributed by atoms with Crippen LogP contribution in [0.25, 0.3) is 0 Å². The molecule has 1 heterocycles. The molecule has 1 N–H and O–H groups in total. The minimum Gasteiger partial charge on any atom is -0.372 e. The van der Waals surface area contributed by atoms with Gasteiger partial charge in [-0.2, -0.15) is 0 Å². The number of hydrogen-bond donors (Lipinski definition) is 1. The summed E-state index contributed by atoms with van der Waals surface area (Å²) in [6, 6.07) is 16.1. The molecule has 3 nitrogen and oxygen atoms in total. The summed E-state index contributed by atoms with van der Waals surface area (Å²) in [7, 11) is 0. The Labute approximate surface area is 136 Å². The second kappa shape index (κ2) is 7.43. The Bertz CT molecular complexity index is 652. The van der Waals surface area contributed by atoms with Gasteiger partial charge in [-0.05, 0) is 35.7 Å². The zero-order valence-electron chi connectivity index (χ0n) is 12.4. The number of nitrogens with zero attached hydrogens (tertiary/aromatic N) is 1. The molecule has 0 bridgehead atoms. The highest BCUT2D eigenvalue weighted by Gasteiger charge is 2.07. The Morgan fingerprint density at radius 1 is 1.05 bits per heavy atom. The summed E-state index contributed by atoms with van der Waals surface area (Å²) < 4.78 is 5.78. The highest BCUT2D eigenvalue weighted by Crippen LogP contribution is 2.13. The Kier molecular flexibility index (Phi) is 5.09. The third kappa shape index (κ3) is 4.09. The van der Waals surface area contributed by atoms with Gasteiger partial charge in [0.15, 0.2) is 0 Å². The molecule has 0 atom stereocenters. The van der Waals surface area contributed by atoms with Crippen LogP contribution in [0.1, 0.15) is 23.1 Å². The van der Waals surface area contributed by atoms with Crippen LogP contribution in [0.5, 0.6) is 0 Å². The van der Waals surface area contributed by atoms with E-state index in [1.165, 1.54) is 0 Å². The van der Waals surface area contributed by atoms with E-state index < -0.39 is 0 Å². The first kappa shape index (κ1) is 15.1. The lowest BCUT2D eigenvalue weighted by Gasteiger charge is -2.15. The van der Waals surface area contributed by atoms with Gasteiger partial charge in [0, 0.05) is 23.7 Å². The van der Waals surface area contributed by atoms with Crippen molar-refractivity contribution in [2.75, 3.05) is 13.1 Å². The lowest BCUT2D eigenvalue weighted by molar-refractivity contribution is 0.107. The van der Waals surface area contributed by atoms with Gasteiger partial charge < -0.3 is 10.1 Å². The summed E-state index contributed by atoms with van der Waals surface area (Å²) >= 11 is 5.87. The largest absolute Gasteiger partial charge is 0.372 e. The number of halogens is 1. The fraction of sp³-hybridized carbons (Fsp3) is 0.278. The van der Waals surface area contributed by atoms with Crippen molar-refractivity contribution in [3.8, 4) is 0 Å².